The summed E-state index contributed by atoms with van der Waals surface area (Å²) >= 11 is 0. The monoisotopic (exact) mass is 434 g/mol. The molecule has 0 spiro atoms. The lowest BCUT2D eigenvalue weighted by molar-refractivity contribution is 0.180. The van der Waals surface area contributed by atoms with E-state index < -0.39 is 0 Å². The highest BCUT2D eigenvalue weighted by Gasteiger charge is 2.22. The zero-order valence-electron chi connectivity index (χ0n) is 18.7. The number of H-pyrrole nitrogens is 1. The predicted molar refractivity (Wildman–Crippen MR) is 127 cm³/mol. The number of piperazine rings is 1. The van der Waals surface area contributed by atoms with Crippen molar-refractivity contribution >= 4 is 11.6 Å². The highest BCUT2D eigenvalue weighted by atomic mass is 16.5. The molecular weight excluding hydrogens is 404 g/mol. The molecule has 168 valence electrons. The number of aryl methyl sites for hydroxylation is 1. The second-order valence-electron chi connectivity index (χ2n) is 7.88. The Morgan fingerprint density at radius 2 is 1.59 bits per heavy atom. The van der Waals surface area contributed by atoms with Crippen LogP contribution >= 0.6 is 0 Å². The SMILES string of the molecule is COCc1nc(N2CCN(c3ccccc3OC)CC2)[nH]c(=O)c1CCc1ccccc1. The summed E-state index contributed by atoms with van der Waals surface area (Å²) in [4.78, 5) is 25.2. The fourth-order valence-electron chi connectivity index (χ4n) is 4.16. The molecule has 7 heteroatoms. The molecule has 4 rings (SSSR count). The van der Waals surface area contributed by atoms with Gasteiger partial charge in [-0.25, -0.2) is 4.98 Å². The summed E-state index contributed by atoms with van der Waals surface area (Å²) in [6, 6.07) is 18.2. The second-order valence-corrected chi connectivity index (χ2v) is 7.88. The van der Waals surface area contributed by atoms with Crippen molar-refractivity contribution in [3.63, 3.8) is 0 Å². The van der Waals surface area contributed by atoms with Gasteiger partial charge in [0.25, 0.3) is 5.56 Å². The van der Waals surface area contributed by atoms with Crippen LogP contribution in [0.2, 0.25) is 0 Å². The fraction of sp³-hybridized carbons (Fsp3) is 0.360. The Labute approximate surface area is 188 Å². The van der Waals surface area contributed by atoms with Gasteiger partial charge in [-0.3, -0.25) is 9.78 Å². The number of nitrogens with one attached hydrogen (secondary N) is 1. The van der Waals surface area contributed by atoms with Crippen LogP contribution in [0.25, 0.3) is 0 Å². The quantitative estimate of drug-likeness (QED) is 0.588. The average Bonchev–Trinajstić information content (AvgIpc) is 2.84. The first kappa shape index (κ1) is 21.9. The van der Waals surface area contributed by atoms with Crippen molar-refractivity contribution in [3.05, 3.63) is 81.8 Å². The summed E-state index contributed by atoms with van der Waals surface area (Å²) in [6.07, 6.45) is 1.42. The van der Waals surface area contributed by atoms with Crippen LogP contribution in [0, 0.1) is 0 Å². The zero-order chi connectivity index (χ0) is 22.3. The van der Waals surface area contributed by atoms with Crippen molar-refractivity contribution in [3.8, 4) is 5.75 Å². The predicted octanol–water partition coefficient (Wildman–Crippen LogP) is 3.04. The molecule has 1 aromatic heterocycles. The van der Waals surface area contributed by atoms with Gasteiger partial charge in [0.05, 0.1) is 25.1 Å². The van der Waals surface area contributed by atoms with Crippen LogP contribution in [0.1, 0.15) is 16.8 Å². The Bertz CT molecular complexity index is 1080. The number of aromatic nitrogens is 2. The van der Waals surface area contributed by atoms with E-state index in [0.29, 0.717) is 30.2 Å². The average molecular weight is 435 g/mol. The first-order valence-electron chi connectivity index (χ1n) is 11.0. The molecule has 0 aliphatic carbocycles. The Kier molecular flexibility index (Phi) is 7.07. The molecule has 0 amide bonds. The van der Waals surface area contributed by atoms with Crippen LogP contribution in [-0.4, -0.2) is 50.4 Å². The van der Waals surface area contributed by atoms with Crippen molar-refractivity contribution in [2.45, 2.75) is 19.4 Å². The molecule has 0 atom stereocenters. The minimum absolute atomic E-state index is 0.0786. The number of hydrogen-bond acceptors (Lipinski definition) is 6. The van der Waals surface area contributed by atoms with Crippen LogP contribution in [0.3, 0.4) is 0 Å². The third kappa shape index (κ3) is 4.94. The van der Waals surface area contributed by atoms with Gasteiger partial charge in [-0.15, -0.1) is 0 Å². The summed E-state index contributed by atoms with van der Waals surface area (Å²) in [5.74, 6) is 1.49. The van der Waals surface area contributed by atoms with Crippen molar-refractivity contribution in [2.75, 3.05) is 50.2 Å². The third-order valence-electron chi connectivity index (χ3n) is 5.88. The van der Waals surface area contributed by atoms with Crippen molar-refractivity contribution in [1.82, 2.24) is 9.97 Å². The standard InChI is InChI=1S/C25H30N4O3/c1-31-18-21-20(13-12-19-8-4-3-5-9-19)24(30)27-25(26-21)29-16-14-28(15-17-29)22-10-6-7-11-23(22)32-2/h3-11H,12-18H2,1-2H3,(H,26,27,30). The number of aromatic amines is 1. The molecule has 7 nitrogen and oxygen atoms in total. The number of hydrogen-bond donors (Lipinski definition) is 1. The van der Waals surface area contributed by atoms with Crippen LogP contribution in [-0.2, 0) is 24.2 Å². The Hall–Kier alpha value is -3.32. The number of nitrogens with zero attached hydrogens (tertiary/aromatic N) is 3. The summed E-state index contributed by atoms with van der Waals surface area (Å²) in [5, 5.41) is 0. The van der Waals surface area contributed by atoms with E-state index in [1.54, 1.807) is 14.2 Å². The largest absolute Gasteiger partial charge is 0.495 e. The maximum atomic E-state index is 13.0. The van der Waals surface area contributed by atoms with E-state index in [0.717, 1.165) is 44.0 Å². The maximum Gasteiger partial charge on any atom is 0.255 e. The Morgan fingerprint density at radius 1 is 0.906 bits per heavy atom. The smallest absolute Gasteiger partial charge is 0.255 e. The minimum atomic E-state index is -0.0786. The number of rotatable bonds is 8. The first-order chi connectivity index (χ1) is 15.7. The number of ether oxygens (including phenoxy) is 2. The first-order valence-corrected chi connectivity index (χ1v) is 11.0. The van der Waals surface area contributed by atoms with Gasteiger partial charge >= 0.3 is 0 Å². The van der Waals surface area contributed by atoms with Crippen LogP contribution < -0.4 is 20.1 Å². The Morgan fingerprint density at radius 3 is 2.31 bits per heavy atom. The van der Waals surface area contributed by atoms with E-state index in [4.69, 9.17) is 14.5 Å². The molecule has 0 bridgehead atoms. The van der Waals surface area contributed by atoms with Gasteiger partial charge in [-0.05, 0) is 30.5 Å². The number of anilines is 2. The fourth-order valence-corrected chi connectivity index (χ4v) is 4.16. The van der Waals surface area contributed by atoms with Gasteiger partial charge in [-0.2, -0.15) is 0 Å². The molecule has 1 aliphatic heterocycles. The molecule has 3 aromatic rings. The van der Waals surface area contributed by atoms with E-state index in [1.807, 2.05) is 36.4 Å². The molecule has 0 radical (unpaired) electrons. The van der Waals surface area contributed by atoms with Crippen molar-refractivity contribution < 1.29 is 9.47 Å². The normalized spacial score (nSPS) is 13.9. The number of methoxy groups -OCH3 is 2. The number of para-hydroxylation sites is 2. The van der Waals surface area contributed by atoms with Crippen molar-refractivity contribution in [2.24, 2.45) is 0 Å². The molecule has 2 aromatic carbocycles. The minimum Gasteiger partial charge on any atom is -0.495 e. The summed E-state index contributed by atoms with van der Waals surface area (Å²) in [7, 11) is 3.33. The van der Waals surface area contributed by atoms with Gasteiger partial charge < -0.3 is 19.3 Å². The van der Waals surface area contributed by atoms with Crippen LogP contribution in [0.15, 0.2) is 59.4 Å². The second kappa shape index (κ2) is 10.3. The van der Waals surface area contributed by atoms with Gasteiger partial charge in [0.15, 0.2) is 0 Å². The molecule has 1 saturated heterocycles. The lowest BCUT2D eigenvalue weighted by Gasteiger charge is -2.37. The number of benzene rings is 2. The summed E-state index contributed by atoms with van der Waals surface area (Å²) in [6.45, 7) is 3.48. The Balaban J connectivity index is 1.49. The summed E-state index contributed by atoms with van der Waals surface area (Å²) in [5.41, 5.74) is 3.63. The van der Waals surface area contributed by atoms with Gasteiger partial charge in [0.2, 0.25) is 5.95 Å². The van der Waals surface area contributed by atoms with Crippen LogP contribution in [0.4, 0.5) is 11.6 Å². The molecule has 1 fully saturated rings. The molecule has 1 N–H and O–H groups in total. The summed E-state index contributed by atoms with van der Waals surface area (Å²) < 4.78 is 10.9. The van der Waals surface area contributed by atoms with E-state index in [9.17, 15) is 4.79 Å². The molecular formula is C25H30N4O3. The zero-order valence-corrected chi connectivity index (χ0v) is 18.7. The molecule has 2 heterocycles. The molecule has 0 saturated carbocycles. The van der Waals surface area contributed by atoms with E-state index in [2.05, 4.69) is 33.0 Å². The topological polar surface area (TPSA) is 70.7 Å². The van der Waals surface area contributed by atoms with Gasteiger partial charge in [0.1, 0.15) is 5.75 Å². The third-order valence-corrected chi connectivity index (χ3v) is 5.88. The van der Waals surface area contributed by atoms with Gasteiger partial charge in [-0.1, -0.05) is 42.5 Å². The molecule has 0 unspecified atom stereocenters. The maximum absolute atomic E-state index is 13.0. The molecule has 1 aliphatic rings. The highest BCUT2D eigenvalue weighted by molar-refractivity contribution is 5.59. The van der Waals surface area contributed by atoms with Crippen LogP contribution in [0.5, 0.6) is 5.75 Å². The lowest BCUT2D eigenvalue weighted by Crippen LogP contribution is -2.47. The van der Waals surface area contributed by atoms with E-state index in [-0.39, 0.29) is 5.56 Å². The van der Waals surface area contributed by atoms with E-state index >= 15 is 0 Å². The molecule has 32 heavy (non-hydrogen) atoms. The van der Waals surface area contributed by atoms with Crippen molar-refractivity contribution in [1.29, 1.82) is 0 Å². The lowest BCUT2D eigenvalue weighted by atomic mass is 10.0. The van der Waals surface area contributed by atoms with Gasteiger partial charge in [0, 0.05) is 38.9 Å². The highest BCUT2D eigenvalue weighted by Crippen LogP contribution is 2.28. The van der Waals surface area contributed by atoms with E-state index in [1.165, 1.54) is 5.56 Å².